The molecule has 5 heteroatoms. The van der Waals surface area contributed by atoms with E-state index in [-0.39, 0.29) is 0 Å². The second kappa shape index (κ2) is 5.84. The van der Waals surface area contributed by atoms with Gasteiger partial charge in [-0.3, -0.25) is 0 Å². The van der Waals surface area contributed by atoms with E-state index in [1.54, 1.807) is 6.07 Å². The molecule has 17 heavy (non-hydrogen) atoms. The van der Waals surface area contributed by atoms with Gasteiger partial charge in [-0.25, -0.2) is 5.84 Å². The van der Waals surface area contributed by atoms with Crippen LogP contribution in [0.1, 0.15) is 19.3 Å². The number of nitrogen functional groups attached to an aromatic ring is 1. The maximum Gasteiger partial charge on any atom is 0.215 e. The minimum atomic E-state index is 0.625. The summed E-state index contributed by atoms with van der Waals surface area (Å²) in [6, 6.07) is 6.18. The van der Waals surface area contributed by atoms with Gasteiger partial charge in [0.15, 0.2) is 0 Å². The second-order valence-electron chi connectivity index (χ2n) is 4.42. The SMILES string of the molecule is CN1CCCC1CCOc1cccc(NN)n1. The molecule has 1 unspecified atom stereocenters. The van der Waals surface area contributed by atoms with Crippen LogP contribution in [-0.4, -0.2) is 36.1 Å². The maximum absolute atomic E-state index is 5.63. The Balaban J connectivity index is 1.77. The first kappa shape index (κ1) is 12.1. The lowest BCUT2D eigenvalue weighted by atomic mass is 10.1. The molecule has 0 aliphatic carbocycles. The maximum atomic E-state index is 5.63. The van der Waals surface area contributed by atoms with E-state index in [9.17, 15) is 0 Å². The Bertz CT molecular complexity index is 358. The van der Waals surface area contributed by atoms with Gasteiger partial charge in [-0.2, -0.15) is 4.98 Å². The number of rotatable bonds is 5. The van der Waals surface area contributed by atoms with Crippen molar-refractivity contribution in [3.05, 3.63) is 18.2 Å². The smallest absolute Gasteiger partial charge is 0.215 e. The number of ether oxygens (including phenoxy) is 1. The van der Waals surface area contributed by atoms with E-state index < -0.39 is 0 Å². The first-order valence-electron chi connectivity index (χ1n) is 6.06. The van der Waals surface area contributed by atoms with Gasteiger partial charge in [0.2, 0.25) is 5.88 Å². The van der Waals surface area contributed by atoms with E-state index in [2.05, 4.69) is 22.4 Å². The number of pyridine rings is 1. The van der Waals surface area contributed by atoms with Gasteiger partial charge in [-0.15, -0.1) is 0 Å². The summed E-state index contributed by atoms with van der Waals surface area (Å²) in [6.07, 6.45) is 3.63. The van der Waals surface area contributed by atoms with Crippen LogP contribution >= 0.6 is 0 Å². The molecule has 1 atom stereocenters. The molecule has 0 radical (unpaired) electrons. The zero-order valence-electron chi connectivity index (χ0n) is 10.2. The van der Waals surface area contributed by atoms with Crippen LogP contribution in [0, 0.1) is 0 Å². The third-order valence-corrected chi connectivity index (χ3v) is 3.24. The lowest BCUT2D eigenvalue weighted by Gasteiger charge is -2.19. The van der Waals surface area contributed by atoms with Crippen LogP contribution in [0.2, 0.25) is 0 Å². The molecule has 1 aliphatic rings. The first-order chi connectivity index (χ1) is 8.29. The van der Waals surface area contributed by atoms with Gasteiger partial charge in [0.25, 0.3) is 0 Å². The Hall–Kier alpha value is -1.33. The predicted octanol–water partition coefficient (Wildman–Crippen LogP) is 1.23. The third-order valence-electron chi connectivity index (χ3n) is 3.24. The number of likely N-dealkylation sites (tertiary alicyclic amines) is 1. The fourth-order valence-corrected chi connectivity index (χ4v) is 2.22. The Kier molecular flexibility index (Phi) is 4.17. The van der Waals surface area contributed by atoms with E-state index in [1.807, 2.05) is 12.1 Å². The van der Waals surface area contributed by atoms with Gasteiger partial charge in [-0.05, 0) is 38.9 Å². The Labute approximate surface area is 102 Å². The van der Waals surface area contributed by atoms with E-state index in [1.165, 1.54) is 19.4 Å². The number of aromatic nitrogens is 1. The number of hydrogen-bond acceptors (Lipinski definition) is 5. The van der Waals surface area contributed by atoms with Crippen LogP contribution in [0.25, 0.3) is 0 Å². The highest BCUT2D eigenvalue weighted by Crippen LogP contribution is 2.18. The van der Waals surface area contributed by atoms with E-state index in [4.69, 9.17) is 10.6 Å². The summed E-state index contributed by atoms with van der Waals surface area (Å²) < 4.78 is 5.63. The van der Waals surface area contributed by atoms with Gasteiger partial charge in [0.1, 0.15) is 5.82 Å². The molecule has 5 nitrogen and oxygen atoms in total. The van der Waals surface area contributed by atoms with Gasteiger partial charge in [0, 0.05) is 12.1 Å². The summed E-state index contributed by atoms with van der Waals surface area (Å²) >= 11 is 0. The topological polar surface area (TPSA) is 63.4 Å². The standard InChI is InChI=1S/C12H20N4O/c1-16-8-3-4-10(16)7-9-17-12-6-2-5-11(14-12)15-13/h2,5-6,10H,3-4,7-9,13H2,1H3,(H,14,15). The number of hydrogen-bond donors (Lipinski definition) is 2. The lowest BCUT2D eigenvalue weighted by Crippen LogP contribution is -2.26. The van der Waals surface area contributed by atoms with Crippen molar-refractivity contribution in [3.8, 4) is 5.88 Å². The van der Waals surface area contributed by atoms with Crippen LogP contribution in [0.3, 0.4) is 0 Å². The molecule has 1 fully saturated rings. The molecule has 2 rings (SSSR count). The lowest BCUT2D eigenvalue weighted by molar-refractivity contribution is 0.229. The zero-order valence-corrected chi connectivity index (χ0v) is 10.2. The average Bonchev–Trinajstić information content (AvgIpc) is 2.76. The number of nitrogens with zero attached hydrogens (tertiary/aromatic N) is 2. The third kappa shape index (κ3) is 3.31. The summed E-state index contributed by atoms with van der Waals surface area (Å²) in [4.78, 5) is 6.60. The molecule has 1 aromatic rings. The molecule has 1 aromatic heterocycles. The number of nitrogens with one attached hydrogen (secondary N) is 1. The number of hydrazine groups is 1. The van der Waals surface area contributed by atoms with E-state index in [0.717, 1.165) is 6.42 Å². The molecule has 0 saturated carbocycles. The summed E-state index contributed by atoms with van der Waals surface area (Å²) in [5.41, 5.74) is 2.51. The van der Waals surface area contributed by atoms with Gasteiger partial charge >= 0.3 is 0 Å². The fraction of sp³-hybridized carbons (Fsp3) is 0.583. The number of anilines is 1. The highest BCUT2D eigenvalue weighted by atomic mass is 16.5. The Morgan fingerprint density at radius 3 is 3.18 bits per heavy atom. The van der Waals surface area contributed by atoms with Crippen molar-refractivity contribution in [2.24, 2.45) is 5.84 Å². The number of nitrogens with two attached hydrogens (primary N) is 1. The molecular weight excluding hydrogens is 216 g/mol. The molecule has 0 bridgehead atoms. The second-order valence-corrected chi connectivity index (χ2v) is 4.42. The van der Waals surface area contributed by atoms with Gasteiger partial charge in [0.05, 0.1) is 6.61 Å². The molecule has 2 heterocycles. The predicted molar refractivity (Wildman–Crippen MR) is 67.8 cm³/mol. The van der Waals surface area contributed by atoms with Crippen molar-refractivity contribution in [1.82, 2.24) is 9.88 Å². The van der Waals surface area contributed by atoms with Gasteiger partial charge < -0.3 is 15.1 Å². The molecule has 94 valence electrons. The molecule has 0 aromatic carbocycles. The van der Waals surface area contributed by atoms with Crippen molar-refractivity contribution < 1.29 is 4.74 Å². The summed E-state index contributed by atoms with van der Waals surface area (Å²) in [5.74, 6) is 6.54. The van der Waals surface area contributed by atoms with Gasteiger partial charge in [-0.1, -0.05) is 6.07 Å². The first-order valence-corrected chi connectivity index (χ1v) is 6.06. The van der Waals surface area contributed by atoms with Crippen LogP contribution in [0.5, 0.6) is 5.88 Å². The van der Waals surface area contributed by atoms with E-state index >= 15 is 0 Å². The highest BCUT2D eigenvalue weighted by Gasteiger charge is 2.20. The van der Waals surface area contributed by atoms with Crippen LogP contribution in [-0.2, 0) is 0 Å². The fourth-order valence-electron chi connectivity index (χ4n) is 2.22. The van der Waals surface area contributed by atoms with Crippen molar-refractivity contribution in [2.45, 2.75) is 25.3 Å². The van der Waals surface area contributed by atoms with Crippen molar-refractivity contribution in [1.29, 1.82) is 0 Å². The molecule has 1 aliphatic heterocycles. The minimum absolute atomic E-state index is 0.625. The summed E-state index contributed by atoms with van der Waals surface area (Å²) in [6.45, 7) is 1.91. The molecular formula is C12H20N4O. The molecule has 0 spiro atoms. The Morgan fingerprint density at radius 2 is 2.47 bits per heavy atom. The highest BCUT2D eigenvalue weighted by molar-refractivity contribution is 5.35. The monoisotopic (exact) mass is 236 g/mol. The van der Waals surface area contributed by atoms with Crippen LogP contribution in [0.4, 0.5) is 5.82 Å². The van der Waals surface area contributed by atoms with Crippen LogP contribution in [0.15, 0.2) is 18.2 Å². The van der Waals surface area contributed by atoms with Crippen molar-refractivity contribution in [3.63, 3.8) is 0 Å². The van der Waals surface area contributed by atoms with Crippen molar-refractivity contribution in [2.75, 3.05) is 25.6 Å². The normalized spacial score (nSPS) is 20.5. The summed E-state index contributed by atoms with van der Waals surface area (Å²) in [7, 11) is 2.18. The van der Waals surface area contributed by atoms with E-state index in [0.29, 0.717) is 24.3 Å². The van der Waals surface area contributed by atoms with Crippen molar-refractivity contribution >= 4 is 5.82 Å². The molecule has 3 N–H and O–H groups in total. The minimum Gasteiger partial charge on any atom is -0.478 e. The summed E-state index contributed by atoms with van der Waals surface area (Å²) in [5, 5.41) is 0. The largest absolute Gasteiger partial charge is 0.478 e. The quantitative estimate of drug-likeness (QED) is 0.594. The molecule has 1 saturated heterocycles. The Morgan fingerprint density at radius 1 is 1.59 bits per heavy atom. The zero-order chi connectivity index (χ0) is 12.1. The molecule has 0 amide bonds. The average molecular weight is 236 g/mol. The van der Waals surface area contributed by atoms with Crippen LogP contribution < -0.4 is 16.0 Å².